The lowest BCUT2D eigenvalue weighted by molar-refractivity contribution is -0.137. The Morgan fingerprint density at radius 3 is 2.69 bits per heavy atom. The van der Waals surface area contributed by atoms with Crippen LogP contribution < -0.4 is 10.9 Å². The number of alkyl halides is 4. The molecule has 0 aliphatic carbocycles. The Morgan fingerprint density at radius 1 is 1.24 bits per heavy atom. The minimum absolute atomic E-state index is 0.00867. The maximum Gasteiger partial charge on any atom is 0.416 e. The van der Waals surface area contributed by atoms with Crippen molar-refractivity contribution in [2.24, 2.45) is 0 Å². The van der Waals surface area contributed by atoms with Crippen LogP contribution in [0.5, 0.6) is 5.75 Å². The third-order valence-corrected chi connectivity index (χ3v) is 9.06. The average Bonchev–Trinajstić information content (AvgIpc) is 3.65. The molecule has 5 heterocycles. The van der Waals surface area contributed by atoms with E-state index in [1.807, 2.05) is 0 Å². The summed E-state index contributed by atoms with van der Waals surface area (Å²) in [7, 11) is 0. The van der Waals surface area contributed by atoms with Crippen molar-refractivity contribution in [2.45, 2.75) is 51.1 Å². The number of aromatic nitrogens is 5. The first-order chi connectivity index (χ1) is 24.2. The smallest absolute Gasteiger partial charge is 0.416 e. The van der Waals surface area contributed by atoms with Crippen molar-refractivity contribution in [3.05, 3.63) is 86.3 Å². The number of ether oxygens (including phenoxy) is 2. The molecule has 0 unspecified atom stereocenters. The predicted molar refractivity (Wildman–Crippen MR) is 175 cm³/mol. The van der Waals surface area contributed by atoms with Crippen LogP contribution in [-0.2, 0) is 32.6 Å². The Labute approximate surface area is 292 Å². The van der Waals surface area contributed by atoms with E-state index < -0.39 is 54.0 Å². The summed E-state index contributed by atoms with van der Waals surface area (Å²) in [5, 5.41) is 16.9. The molecule has 13 nitrogen and oxygen atoms in total. The molecular formula is C33H32ClF4N7O6. The molecule has 4 aromatic rings. The third kappa shape index (κ3) is 7.05. The first-order valence-corrected chi connectivity index (χ1v) is 16.2. The van der Waals surface area contributed by atoms with Crippen molar-refractivity contribution in [3.8, 4) is 5.75 Å². The number of pyridine rings is 1. The molecule has 18 heteroatoms. The Bertz CT molecular complexity index is 2100. The minimum Gasteiger partial charge on any atom is -0.505 e. The molecule has 0 radical (unpaired) electrons. The van der Waals surface area contributed by atoms with Gasteiger partial charge in [0.15, 0.2) is 11.5 Å². The quantitative estimate of drug-likeness (QED) is 0.217. The molecule has 0 fully saturated rings. The first kappa shape index (κ1) is 35.9. The van der Waals surface area contributed by atoms with Gasteiger partial charge in [-0.1, -0.05) is 17.7 Å². The second-order valence-electron chi connectivity index (χ2n) is 12.2. The standard InChI is InChI=1S/C33H32ClF4N7O6/c1-18-27-25(32(2,51-18)9-12-43(13-10-35)30(49)26-23(46)4-3-11-39-26)29(48)45-31(41-28(42-45)19-7-14-50-15-8-19)44(27)17-24(47)40-22-6-5-20(16-21(22)34)33(36,37)38/h3-7,11,16,18,46H,8-10,12-15,17H2,1-2H3,(H,40,47)/t18-,32+/m1/s1. The van der Waals surface area contributed by atoms with E-state index in [0.29, 0.717) is 25.7 Å². The lowest BCUT2D eigenvalue weighted by Crippen LogP contribution is -2.40. The van der Waals surface area contributed by atoms with Gasteiger partial charge in [-0.3, -0.25) is 14.4 Å². The molecule has 3 aromatic heterocycles. The highest BCUT2D eigenvalue weighted by atomic mass is 35.5. The van der Waals surface area contributed by atoms with Crippen molar-refractivity contribution < 1.29 is 41.7 Å². The maximum absolute atomic E-state index is 14.3. The number of hydrogen-bond acceptors (Lipinski definition) is 9. The monoisotopic (exact) mass is 733 g/mol. The average molecular weight is 734 g/mol. The highest BCUT2D eigenvalue weighted by molar-refractivity contribution is 6.33. The van der Waals surface area contributed by atoms with Crippen LogP contribution in [0.25, 0.3) is 11.4 Å². The molecule has 2 amide bonds. The number of benzene rings is 1. The van der Waals surface area contributed by atoms with E-state index in [1.165, 1.54) is 22.9 Å². The van der Waals surface area contributed by atoms with E-state index >= 15 is 0 Å². The normalized spacial score (nSPS) is 18.8. The summed E-state index contributed by atoms with van der Waals surface area (Å²) in [6.45, 7) is 2.22. The summed E-state index contributed by atoms with van der Waals surface area (Å²) in [4.78, 5) is 50.8. The maximum atomic E-state index is 14.3. The van der Waals surface area contributed by atoms with Crippen LogP contribution in [0.1, 0.15) is 65.9 Å². The van der Waals surface area contributed by atoms with Gasteiger partial charge in [0.1, 0.15) is 24.6 Å². The lowest BCUT2D eigenvalue weighted by atomic mass is 9.93. The van der Waals surface area contributed by atoms with Crippen LogP contribution in [0.15, 0.2) is 47.4 Å². The number of halogens is 5. The van der Waals surface area contributed by atoms with Gasteiger partial charge in [-0.25, -0.2) is 9.37 Å². The molecule has 0 saturated heterocycles. The number of nitrogens with zero attached hydrogens (tertiary/aromatic N) is 6. The lowest BCUT2D eigenvalue weighted by Gasteiger charge is -2.29. The molecular weight excluding hydrogens is 702 g/mol. The molecule has 2 aliphatic heterocycles. The van der Waals surface area contributed by atoms with Gasteiger partial charge in [-0.05, 0) is 62.6 Å². The SMILES string of the molecule is C[C@H]1O[C@@](C)(CCN(CCF)C(=O)c2ncccc2O)c2c1n(CC(=O)Nc1ccc(C(F)(F)F)cc1Cl)c1nc(C3=CCOCC3)nn1c2=O. The van der Waals surface area contributed by atoms with Crippen molar-refractivity contribution in [1.82, 2.24) is 29.0 Å². The zero-order valence-electron chi connectivity index (χ0n) is 27.3. The fourth-order valence-corrected chi connectivity index (χ4v) is 6.53. The summed E-state index contributed by atoms with van der Waals surface area (Å²) >= 11 is 6.10. The van der Waals surface area contributed by atoms with E-state index in [1.54, 1.807) is 19.9 Å². The molecule has 0 spiro atoms. The summed E-state index contributed by atoms with van der Waals surface area (Å²) in [5.41, 5.74) is -2.17. The van der Waals surface area contributed by atoms with Gasteiger partial charge < -0.3 is 29.4 Å². The van der Waals surface area contributed by atoms with Crippen molar-refractivity contribution >= 4 is 40.5 Å². The zero-order chi connectivity index (χ0) is 36.7. The van der Waals surface area contributed by atoms with Crippen LogP contribution in [0.3, 0.4) is 0 Å². The molecule has 2 atom stereocenters. The molecule has 270 valence electrons. The number of carbonyl (C=O) groups excluding carboxylic acids is 2. The van der Waals surface area contributed by atoms with Gasteiger partial charge in [0.25, 0.3) is 11.5 Å². The number of fused-ring (bicyclic) bond motifs is 2. The topological polar surface area (TPSA) is 153 Å². The van der Waals surface area contributed by atoms with Gasteiger partial charge in [0, 0.05) is 19.3 Å². The zero-order valence-corrected chi connectivity index (χ0v) is 28.1. The summed E-state index contributed by atoms with van der Waals surface area (Å²) < 4.78 is 67.5. The minimum atomic E-state index is -4.64. The number of rotatable bonds is 10. The van der Waals surface area contributed by atoms with E-state index in [9.17, 15) is 37.1 Å². The number of carbonyl (C=O) groups is 2. The number of anilines is 1. The van der Waals surface area contributed by atoms with E-state index in [4.69, 9.17) is 21.1 Å². The molecule has 6 rings (SSSR count). The fraction of sp³-hybridized carbons (Fsp3) is 0.394. The van der Waals surface area contributed by atoms with Crippen LogP contribution in [-0.4, -0.2) is 78.9 Å². The van der Waals surface area contributed by atoms with Crippen molar-refractivity contribution in [1.29, 1.82) is 0 Å². The molecule has 51 heavy (non-hydrogen) atoms. The van der Waals surface area contributed by atoms with Gasteiger partial charge >= 0.3 is 6.18 Å². The van der Waals surface area contributed by atoms with Crippen LogP contribution in [0.2, 0.25) is 5.02 Å². The molecule has 2 N–H and O–H groups in total. The Hall–Kier alpha value is -4.87. The molecule has 0 saturated carbocycles. The van der Waals surface area contributed by atoms with E-state index in [0.717, 1.165) is 27.1 Å². The second-order valence-corrected chi connectivity index (χ2v) is 12.6. The largest absolute Gasteiger partial charge is 0.505 e. The number of hydrogen-bond donors (Lipinski definition) is 2. The Morgan fingerprint density at radius 2 is 2.02 bits per heavy atom. The van der Waals surface area contributed by atoms with Crippen molar-refractivity contribution in [3.63, 3.8) is 0 Å². The van der Waals surface area contributed by atoms with Gasteiger partial charge in [0.05, 0.1) is 46.8 Å². The molecule has 1 aromatic carbocycles. The molecule has 2 aliphatic rings. The highest BCUT2D eigenvalue weighted by Crippen LogP contribution is 2.44. The number of nitrogens with one attached hydrogen (secondary N) is 1. The molecule has 0 bridgehead atoms. The van der Waals surface area contributed by atoms with E-state index in [-0.39, 0.29) is 64.5 Å². The number of aromatic hydroxyl groups is 1. The third-order valence-electron chi connectivity index (χ3n) is 8.75. The Balaban J connectivity index is 1.39. The van der Waals surface area contributed by atoms with Crippen LogP contribution in [0.4, 0.5) is 23.2 Å². The summed E-state index contributed by atoms with van der Waals surface area (Å²) in [5.74, 6) is -1.55. The highest BCUT2D eigenvalue weighted by Gasteiger charge is 2.46. The fourth-order valence-electron chi connectivity index (χ4n) is 6.31. The van der Waals surface area contributed by atoms with Gasteiger partial charge in [-0.15, -0.1) is 5.10 Å². The number of amides is 2. The van der Waals surface area contributed by atoms with Crippen LogP contribution in [0, 0.1) is 0 Å². The predicted octanol–water partition coefficient (Wildman–Crippen LogP) is 4.91. The summed E-state index contributed by atoms with van der Waals surface area (Å²) in [6.07, 6.45) is -1.89. The van der Waals surface area contributed by atoms with Crippen LogP contribution >= 0.6 is 11.6 Å². The first-order valence-electron chi connectivity index (χ1n) is 15.9. The van der Waals surface area contributed by atoms with E-state index in [2.05, 4.69) is 20.4 Å². The summed E-state index contributed by atoms with van der Waals surface area (Å²) in [6, 6.07) is 5.25. The Kier molecular flexibility index (Phi) is 9.89. The van der Waals surface area contributed by atoms with Gasteiger partial charge in [0.2, 0.25) is 11.7 Å². The van der Waals surface area contributed by atoms with Gasteiger partial charge in [-0.2, -0.15) is 22.7 Å². The second kappa shape index (κ2) is 14.0. The van der Waals surface area contributed by atoms with Crippen molar-refractivity contribution in [2.75, 3.05) is 38.3 Å².